The van der Waals surface area contributed by atoms with E-state index in [-0.39, 0.29) is 18.2 Å². The molecule has 22 heavy (non-hydrogen) atoms. The second-order valence-electron chi connectivity index (χ2n) is 5.74. The monoisotopic (exact) mass is 301 g/mol. The SMILES string of the molecule is CC(C)N(C(=O)OC(c1ccccc1)c1ncc[nH]1)C(C)C. The van der Waals surface area contributed by atoms with E-state index >= 15 is 0 Å². The molecule has 1 atom stereocenters. The predicted molar refractivity (Wildman–Crippen MR) is 85.5 cm³/mol. The molecule has 0 saturated heterocycles. The zero-order valence-electron chi connectivity index (χ0n) is 13.5. The van der Waals surface area contributed by atoms with Gasteiger partial charge in [-0.05, 0) is 27.7 Å². The molecule has 5 heteroatoms. The average Bonchev–Trinajstić information content (AvgIpc) is 2.98. The summed E-state index contributed by atoms with van der Waals surface area (Å²) in [6, 6.07) is 9.76. The van der Waals surface area contributed by atoms with Gasteiger partial charge in [-0.25, -0.2) is 9.78 Å². The summed E-state index contributed by atoms with van der Waals surface area (Å²) in [7, 11) is 0. The highest BCUT2D eigenvalue weighted by molar-refractivity contribution is 5.69. The number of ether oxygens (including phenoxy) is 1. The van der Waals surface area contributed by atoms with Crippen LogP contribution in [0.4, 0.5) is 4.79 Å². The third kappa shape index (κ3) is 3.67. The maximum atomic E-state index is 12.6. The van der Waals surface area contributed by atoms with Crippen molar-refractivity contribution >= 4 is 6.09 Å². The fraction of sp³-hybridized carbons (Fsp3) is 0.412. The third-order valence-electron chi connectivity index (χ3n) is 3.41. The van der Waals surface area contributed by atoms with Crippen molar-refractivity contribution in [3.63, 3.8) is 0 Å². The highest BCUT2D eigenvalue weighted by Crippen LogP contribution is 2.25. The number of H-pyrrole nitrogens is 1. The Hall–Kier alpha value is -2.30. The normalized spacial score (nSPS) is 12.5. The summed E-state index contributed by atoms with van der Waals surface area (Å²) in [4.78, 5) is 21.6. The highest BCUT2D eigenvalue weighted by atomic mass is 16.6. The van der Waals surface area contributed by atoms with Crippen molar-refractivity contribution in [3.05, 3.63) is 54.1 Å². The topological polar surface area (TPSA) is 58.2 Å². The van der Waals surface area contributed by atoms with E-state index in [2.05, 4.69) is 9.97 Å². The molecule has 0 aliphatic carbocycles. The summed E-state index contributed by atoms with van der Waals surface area (Å²) in [5, 5.41) is 0. The number of nitrogens with one attached hydrogen (secondary N) is 1. The van der Waals surface area contributed by atoms with Gasteiger partial charge in [0.15, 0.2) is 11.9 Å². The summed E-state index contributed by atoms with van der Waals surface area (Å²) in [5.74, 6) is 0.618. The molecule has 0 bridgehead atoms. The Kier molecular flexibility index (Phi) is 5.20. The first-order chi connectivity index (χ1) is 10.5. The van der Waals surface area contributed by atoms with Crippen LogP contribution >= 0.6 is 0 Å². The Bertz CT molecular complexity index is 571. The first-order valence-electron chi connectivity index (χ1n) is 7.54. The number of carbonyl (C=O) groups excluding carboxylic acids is 1. The molecule has 0 radical (unpaired) electrons. The molecule has 1 unspecified atom stereocenters. The minimum absolute atomic E-state index is 0.0699. The van der Waals surface area contributed by atoms with Gasteiger partial charge in [0.05, 0.1) is 0 Å². The van der Waals surface area contributed by atoms with Gasteiger partial charge in [0.1, 0.15) is 0 Å². The molecule has 0 spiro atoms. The Morgan fingerprint density at radius 2 is 1.77 bits per heavy atom. The van der Waals surface area contributed by atoms with Crippen molar-refractivity contribution in [2.75, 3.05) is 0 Å². The number of aromatic amines is 1. The fourth-order valence-corrected chi connectivity index (χ4v) is 2.51. The molecular weight excluding hydrogens is 278 g/mol. The first-order valence-corrected chi connectivity index (χ1v) is 7.54. The highest BCUT2D eigenvalue weighted by Gasteiger charge is 2.27. The van der Waals surface area contributed by atoms with Crippen molar-refractivity contribution in [1.82, 2.24) is 14.9 Å². The van der Waals surface area contributed by atoms with Gasteiger partial charge in [0.2, 0.25) is 0 Å². The van der Waals surface area contributed by atoms with Crippen LogP contribution in [0.15, 0.2) is 42.7 Å². The van der Waals surface area contributed by atoms with E-state index in [0.29, 0.717) is 5.82 Å². The van der Waals surface area contributed by atoms with Crippen LogP contribution in [0, 0.1) is 0 Å². The third-order valence-corrected chi connectivity index (χ3v) is 3.41. The van der Waals surface area contributed by atoms with Gasteiger partial charge in [0, 0.05) is 30.0 Å². The molecule has 1 aromatic carbocycles. The Morgan fingerprint density at radius 3 is 2.27 bits per heavy atom. The van der Waals surface area contributed by atoms with Crippen LogP contribution in [0.3, 0.4) is 0 Å². The molecule has 2 aromatic rings. The number of amides is 1. The van der Waals surface area contributed by atoms with Crippen LogP contribution in [-0.4, -0.2) is 33.0 Å². The number of hydrogen-bond donors (Lipinski definition) is 1. The van der Waals surface area contributed by atoms with Crippen molar-refractivity contribution < 1.29 is 9.53 Å². The van der Waals surface area contributed by atoms with Crippen LogP contribution < -0.4 is 0 Å². The van der Waals surface area contributed by atoms with Crippen molar-refractivity contribution in [2.24, 2.45) is 0 Å². The Balaban J connectivity index is 2.26. The van der Waals surface area contributed by atoms with Gasteiger partial charge in [-0.3, -0.25) is 0 Å². The molecule has 5 nitrogen and oxygen atoms in total. The van der Waals surface area contributed by atoms with E-state index in [1.807, 2.05) is 58.0 Å². The second-order valence-corrected chi connectivity index (χ2v) is 5.74. The van der Waals surface area contributed by atoms with Crippen LogP contribution in [0.1, 0.15) is 45.2 Å². The van der Waals surface area contributed by atoms with Crippen LogP contribution in [0.25, 0.3) is 0 Å². The number of rotatable bonds is 5. The standard InChI is InChI=1S/C17H23N3O2/c1-12(2)20(13(3)4)17(21)22-15(16-18-10-11-19-16)14-8-6-5-7-9-14/h5-13,15H,1-4H3,(H,18,19). The van der Waals surface area contributed by atoms with E-state index in [4.69, 9.17) is 4.74 Å². The lowest BCUT2D eigenvalue weighted by molar-refractivity contribution is 0.0553. The molecular formula is C17H23N3O2. The lowest BCUT2D eigenvalue weighted by Crippen LogP contribution is -2.43. The fourth-order valence-electron chi connectivity index (χ4n) is 2.51. The van der Waals surface area contributed by atoms with E-state index in [9.17, 15) is 4.79 Å². The van der Waals surface area contributed by atoms with Gasteiger partial charge < -0.3 is 14.6 Å². The van der Waals surface area contributed by atoms with Crippen molar-refractivity contribution in [2.45, 2.75) is 45.9 Å². The second kappa shape index (κ2) is 7.11. The van der Waals surface area contributed by atoms with Crippen LogP contribution in [-0.2, 0) is 4.74 Å². The Morgan fingerprint density at radius 1 is 1.14 bits per heavy atom. The number of nitrogens with zero attached hydrogens (tertiary/aromatic N) is 2. The molecule has 0 fully saturated rings. The molecule has 2 rings (SSSR count). The van der Waals surface area contributed by atoms with E-state index in [0.717, 1.165) is 5.56 Å². The smallest absolute Gasteiger partial charge is 0.411 e. The number of aromatic nitrogens is 2. The van der Waals surface area contributed by atoms with Gasteiger partial charge in [-0.2, -0.15) is 0 Å². The van der Waals surface area contributed by atoms with E-state index in [1.165, 1.54) is 0 Å². The summed E-state index contributed by atoms with van der Waals surface area (Å²) in [5.41, 5.74) is 0.887. The van der Waals surface area contributed by atoms with Gasteiger partial charge in [-0.1, -0.05) is 30.3 Å². The first kappa shape index (κ1) is 16.1. The number of imidazole rings is 1. The largest absolute Gasteiger partial charge is 0.433 e. The zero-order chi connectivity index (χ0) is 16.1. The molecule has 1 heterocycles. The lowest BCUT2D eigenvalue weighted by Gasteiger charge is -2.31. The minimum Gasteiger partial charge on any atom is -0.433 e. The molecule has 118 valence electrons. The molecule has 1 aromatic heterocycles. The number of hydrogen-bond acceptors (Lipinski definition) is 3. The molecule has 1 N–H and O–H groups in total. The van der Waals surface area contributed by atoms with Gasteiger partial charge >= 0.3 is 6.09 Å². The summed E-state index contributed by atoms with van der Waals surface area (Å²) < 4.78 is 5.76. The van der Waals surface area contributed by atoms with Crippen LogP contribution in [0.2, 0.25) is 0 Å². The van der Waals surface area contributed by atoms with Gasteiger partial charge in [-0.15, -0.1) is 0 Å². The summed E-state index contributed by atoms with van der Waals surface area (Å²) >= 11 is 0. The van der Waals surface area contributed by atoms with Crippen LogP contribution in [0.5, 0.6) is 0 Å². The predicted octanol–water partition coefficient (Wildman–Crippen LogP) is 3.75. The molecule has 0 aliphatic heterocycles. The van der Waals surface area contributed by atoms with E-state index in [1.54, 1.807) is 17.3 Å². The molecule has 0 aliphatic rings. The zero-order valence-corrected chi connectivity index (χ0v) is 13.5. The van der Waals surface area contributed by atoms with E-state index < -0.39 is 6.10 Å². The number of carbonyl (C=O) groups is 1. The summed E-state index contributed by atoms with van der Waals surface area (Å²) in [6.07, 6.45) is 2.50. The lowest BCUT2D eigenvalue weighted by atomic mass is 10.1. The number of benzene rings is 1. The molecule has 1 amide bonds. The minimum atomic E-state index is -0.538. The maximum Gasteiger partial charge on any atom is 0.411 e. The van der Waals surface area contributed by atoms with Gasteiger partial charge in [0.25, 0.3) is 0 Å². The summed E-state index contributed by atoms with van der Waals surface area (Å²) in [6.45, 7) is 7.91. The van der Waals surface area contributed by atoms with Crippen molar-refractivity contribution in [3.8, 4) is 0 Å². The average molecular weight is 301 g/mol. The van der Waals surface area contributed by atoms with Crippen molar-refractivity contribution in [1.29, 1.82) is 0 Å². The quantitative estimate of drug-likeness (QED) is 0.915. The molecule has 0 saturated carbocycles. The Labute approximate surface area is 131 Å². The maximum absolute atomic E-state index is 12.6.